The van der Waals surface area contributed by atoms with Crippen molar-refractivity contribution in [3.8, 4) is 0 Å². The topological polar surface area (TPSA) is 131 Å². The molecule has 1 aromatic rings. The molecule has 0 spiro atoms. The number of nitrogens with one attached hydrogen (secondary N) is 2. The Morgan fingerprint density at radius 1 is 1.09 bits per heavy atom. The van der Waals surface area contributed by atoms with Gasteiger partial charge in [0.05, 0.1) is 6.61 Å². The summed E-state index contributed by atoms with van der Waals surface area (Å²) >= 11 is 0. The summed E-state index contributed by atoms with van der Waals surface area (Å²) in [5, 5.41) is 43.9. The lowest BCUT2D eigenvalue weighted by Crippen LogP contribution is -2.60. The van der Waals surface area contributed by atoms with Crippen molar-refractivity contribution in [2.45, 2.75) is 37.6 Å². The van der Waals surface area contributed by atoms with E-state index in [0.717, 1.165) is 0 Å². The third kappa shape index (κ3) is 3.73. The van der Waals surface area contributed by atoms with E-state index in [4.69, 9.17) is 9.84 Å². The number of rotatable bonds is 4. The first-order chi connectivity index (χ1) is 10.4. The quantitative estimate of drug-likeness (QED) is 0.414. The summed E-state index contributed by atoms with van der Waals surface area (Å²) in [4.78, 5) is 10.9. The molecule has 22 heavy (non-hydrogen) atoms. The number of aliphatic hydroxyl groups excluding tert-OH is 4. The van der Waals surface area contributed by atoms with Crippen LogP contribution in [0.25, 0.3) is 0 Å². The normalized spacial score (nSPS) is 31.6. The van der Waals surface area contributed by atoms with Gasteiger partial charge in [0.1, 0.15) is 24.4 Å². The Balaban J connectivity index is 2.04. The molecular weight excluding hydrogens is 292 g/mol. The van der Waals surface area contributed by atoms with Crippen molar-refractivity contribution >= 4 is 17.3 Å². The second-order valence-electron chi connectivity index (χ2n) is 5.15. The average molecular weight is 312 g/mol. The third-order valence-electron chi connectivity index (χ3n) is 3.41. The molecule has 0 bridgehead atoms. The van der Waals surface area contributed by atoms with Crippen LogP contribution in [-0.2, 0) is 9.53 Å². The standard InChI is InChI=1S/C14H20N2O6/c1-7(18)15-8-2-4-9(5-3-8)16-14-13(21)12(20)11(19)10(6-17)22-14/h2-5,10-14,16-17,19-21H,6H2,1H3,(H,15,18)/t10-,11+,12+,13+,14-/m0/s1. The fourth-order valence-corrected chi connectivity index (χ4v) is 2.24. The van der Waals surface area contributed by atoms with Gasteiger partial charge < -0.3 is 35.8 Å². The lowest BCUT2D eigenvalue weighted by Gasteiger charge is -2.40. The van der Waals surface area contributed by atoms with Crippen molar-refractivity contribution in [1.29, 1.82) is 0 Å². The molecule has 8 heteroatoms. The lowest BCUT2D eigenvalue weighted by molar-refractivity contribution is -0.221. The smallest absolute Gasteiger partial charge is 0.221 e. The fraction of sp³-hybridized carbons (Fsp3) is 0.500. The maximum absolute atomic E-state index is 10.9. The van der Waals surface area contributed by atoms with E-state index >= 15 is 0 Å². The van der Waals surface area contributed by atoms with E-state index < -0.39 is 37.3 Å². The molecule has 122 valence electrons. The van der Waals surface area contributed by atoms with Crippen molar-refractivity contribution in [3.63, 3.8) is 0 Å². The van der Waals surface area contributed by atoms with Crippen molar-refractivity contribution in [3.05, 3.63) is 24.3 Å². The second kappa shape index (κ2) is 7.03. The largest absolute Gasteiger partial charge is 0.394 e. The van der Waals surface area contributed by atoms with Gasteiger partial charge in [0.2, 0.25) is 5.91 Å². The predicted octanol–water partition coefficient (Wildman–Crippen LogP) is -1.14. The van der Waals surface area contributed by atoms with Gasteiger partial charge in [-0.25, -0.2) is 0 Å². The highest BCUT2D eigenvalue weighted by molar-refractivity contribution is 5.88. The number of ether oxygens (including phenoxy) is 1. The zero-order chi connectivity index (χ0) is 16.3. The summed E-state index contributed by atoms with van der Waals surface area (Å²) < 4.78 is 5.34. The number of hydrogen-bond donors (Lipinski definition) is 6. The SMILES string of the molecule is CC(=O)Nc1ccc(N[C@H]2O[C@@H](CO)[C@@H](O)[C@@H](O)[C@H]2O)cc1. The van der Waals surface area contributed by atoms with Crippen LogP contribution >= 0.6 is 0 Å². The average Bonchev–Trinajstić information content (AvgIpc) is 2.49. The minimum absolute atomic E-state index is 0.186. The molecule has 0 saturated carbocycles. The van der Waals surface area contributed by atoms with E-state index in [1.807, 2.05) is 0 Å². The first-order valence-electron chi connectivity index (χ1n) is 6.87. The fourth-order valence-electron chi connectivity index (χ4n) is 2.24. The van der Waals surface area contributed by atoms with Gasteiger partial charge in [-0.05, 0) is 24.3 Å². The molecule has 1 aliphatic rings. The highest BCUT2D eigenvalue weighted by Crippen LogP contribution is 2.23. The summed E-state index contributed by atoms with van der Waals surface area (Å²) in [6.07, 6.45) is -6.12. The van der Waals surface area contributed by atoms with Crippen LogP contribution in [0.15, 0.2) is 24.3 Å². The van der Waals surface area contributed by atoms with Crippen LogP contribution in [0.5, 0.6) is 0 Å². The molecular formula is C14H20N2O6. The number of hydrogen-bond acceptors (Lipinski definition) is 7. The summed E-state index contributed by atoms with van der Waals surface area (Å²) in [6, 6.07) is 6.64. The van der Waals surface area contributed by atoms with Gasteiger partial charge in [0, 0.05) is 18.3 Å². The van der Waals surface area contributed by atoms with E-state index in [2.05, 4.69) is 10.6 Å². The van der Waals surface area contributed by atoms with Crippen LogP contribution in [0.4, 0.5) is 11.4 Å². The van der Waals surface area contributed by atoms with E-state index in [9.17, 15) is 20.1 Å². The number of amides is 1. The van der Waals surface area contributed by atoms with Crippen molar-refractivity contribution in [2.75, 3.05) is 17.2 Å². The predicted molar refractivity (Wildman–Crippen MR) is 78.1 cm³/mol. The van der Waals surface area contributed by atoms with Crippen LogP contribution in [0.2, 0.25) is 0 Å². The molecule has 1 aromatic carbocycles. The van der Waals surface area contributed by atoms with Crippen LogP contribution in [0, 0.1) is 0 Å². The minimum Gasteiger partial charge on any atom is -0.394 e. The van der Waals surface area contributed by atoms with Gasteiger partial charge >= 0.3 is 0 Å². The van der Waals surface area contributed by atoms with Crippen molar-refractivity contribution in [2.24, 2.45) is 0 Å². The van der Waals surface area contributed by atoms with Crippen molar-refractivity contribution < 1.29 is 30.0 Å². The molecule has 1 fully saturated rings. The van der Waals surface area contributed by atoms with Gasteiger partial charge in [-0.2, -0.15) is 0 Å². The first-order valence-corrected chi connectivity index (χ1v) is 6.87. The highest BCUT2D eigenvalue weighted by atomic mass is 16.6. The summed E-state index contributed by atoms with van der Waals surface area (Å²) in [6.45, 7) is 0.921. The van der Waals surface area contributed by atoms with Crippen LogP contribution in [-0.4, -0.2) is 63.6 Å². The van der Waals surface area contributed by atoms with Gasteiger partial charge in [-0.15, -0.1) is 0 Å². The molecule has 1 amide bonds. The molecule has 1 heterocycles. The number of benzene rings is 1. The van der Waals surface area contributed by atoms with Gasteiger partial charge in [-0.1, -0.05) is 0 Å². The number of aliphatic hydroxyl groups is 4. The number of anilines is 2. The van der Waals surface area contributed by atoms with Gasteiger partial charge in [-0.3, -0.25) is 4.79 Å². The van der Waals surface area contributed by atoms with E-state index in [1.165, 1.54) is 6.92 Å². The highest BCUT2D eigenvalue weighted by Gasteiger charge is 2.43. The Morgan fingerprint density at radius 3 is 2.23 bits per heavy atom. The molecule has 8 nitrogen and oxygen atoms in total. The summed E-state index contributed by atoms with van der Waals surface area (Å²) in [5.41, 5.74) is 1.20. The van der Waals surface area contributed by atoms with E-state index in [0.29, 0.717) is 11.4 Å². The van der Waals surface area contributed by atoms with Gasteiger partial charge in [0.25, 0.3) is 0 Å². The Labute approximate surface area is 127 Å². The first kappa shape index (κ1) is 16.7. The molecule has 0 unspecified atom stereocenters. The van der Waals surface area contributed by atoms with E-state index in [-0.39, 0.29) is 5.91 Å². The zero-order valence-electron chi connectivity index (χ0n) is 12.0. The van der Waals surface area contributed by atoms with E-state index in [1.54, 1.807) is 24.3 Å². The Hall–Kier alpha value is -1.71. The van der Waals surface area contributed by atoms with Crippen molar-refractivity contribution in [1.82, 2.24) is 0 Å². The molecule has 0 aromatic heterocycles. The van der Waals surface area contributed by atoms with Crippen LogP contribution in [0.3, 0.4) is 0 Å². The van der Waals surface area contributed by atoms with Crippen LogP contribution < -0.4 is 10.6 Å². The number of carbonyl (C=O) groups is 1. The molecule has 1 aliphatic heterocycles. The summed E-state index contributed by atoms with van der Waals surface area (Å²) in [7, 11) is 0. The zero-order valence-corrected chi connectivity index (χ0v) is 12.0. The second-order valence-corrected chi connectivity index (χ2v) is 5.15. The molecule has 5 atom stereocenters. The summed E-state index contributed by atoms with van der Waals surface area (Å²) in [5.74, 6) is -0.186. The Morgan fingerprint density at radius 2 is 1.68 bits per heavy atom. The lowest BCUT2D eigenvalue weighted by atomic mass is 9.98. The monoisotopic (exact) mass is 312 g/mol. The molecule has 1 saturated heterocycles. The molecule has 0 aliphatic carbocycles. The molecule has 0 radical (unpaired) electrons. The minimum atomic E-state index is -1.43. The molecule has 2 rings (SSSR count). The Bertz CT molecular complexity index is 507. The Kier molecular flexibility index (Phi) is 5.33. The maximum Gasteiger partial charge on any atom is 0.221 e. The van der Waals surface area contributed by atoms with Crippen LogP contribution in [0.1, 0.15) is 6.92 Å². The van der Waals surface area contributed by atoms with Gasteiger partial charge in [0.15, 0.2) is 6.23 Å². The third-order valence-corrected chi connectivity index (χ3v) is 3.41. The molecule has 6 N–H and O–H groups in total. The number of carbonyl (C=O) groups excluding carboxylic acids is 1. The maximum atomic E-state index is 10.9.